The van der Waals surface area contributed by atoms with Crippen LogP contribution in [0.3, 0.4) is 0 Å². The highest BCUT2D eigenvalue weighted by Gasteiger charge is 2.36. The van der Waals surface area contributed by atoms with Crippen molar-refractivity contribution in [1.29, 1.82) is 0 Å². The Morgan fingerprint density at radius 1 is 0.846 bits per heavy atom. The zero-order chi connectivity index (χ0) is 19.3. The Morgan fingerprint density at radius 2 is 1.27 bits per heavy atom. The van der Waals surface area contributed by atoms with Gasteiger partial charge in [-0.25, -0.2) is 9.18 Å². The van der Waals surface area contributed by atoms with Crippen LogP contribution in [0, 0.1) is 11.2 Å². The molecule has 0 saturated heterocycles. The van der Waals surface area contributed by atoms with Crippen molar-refractivity contribution in [2.75, 3.05) is 17.7 Å². The summed E-state index contributed by atoms with van der Waals surface area (Å²) < 4.78 is 17.5. The van der Waals surface area contributed by atoms with Crippen molar-refractivity contribution >= 4 is 29.2 Å². The van der Waals surface area contributed by atoms with Gasteiger partial charge in [0.05, 0.1) is 12.7 Å². The topological polar surface area (TPSA) is 84.5 Å². The van der Waals surface area contributed by atoms with Gasteiger partial charge in [0.2, 0.25) is 11.8 Å². The molecule has 2 aromatic carbocycles. The molecule has 2 aromatic rings. The standard InChI is InChI=1S/C19H19FN2O4/c1-19(2,18(25)22-15-10-6-13(20)7-11-15)17(24)21-14-8-4-12(5-9-14)16(23)26-3/h4-11H,1-3H3,(H,21,24)(H,22,25). The van der Waals surface area contributed by atoms with Crippen LogP contribution in [0.15, 0.2) is 48.5 Å². The highest BCUT2D eigenvalue weighted by molar-refractivity contribution is 6.14. The lowest BCUT2D eigenvalue weighted by molar-refractivity contribution is -0.135. The molecule has 0 aliphatic rings. The zero-order valence-corrected chi connectivity index (χ0v) is 14.6. The minimum atomic E-state index is -1.38. The van der Waals surface area contributed by atoms with E-state index in [-0.39, 0.29) is 0 Å². The molecule has 6 nitrogen and oxygen atoms in total. The molecule has 2 rings (SSSR count). The van der Waals surface area contributed by atoms with E-state index in [1.807, 2.05) is 0 Å². The zero-order valence-electron chi connectivity index (χ0n) is 14.6. The van der Waals surface area contributed by atoms with E-state index in [1.54, 1.807) is 0 Å². The second-order valence-electron chi connectivity index (χ2n) is 6.11. The van der Waals surface area contributed by atoms with Gasteiger partial charge in [-0.2, -0.15) is 0 Å². The molecule has 0 aliphatic carbocycles. The number of methoxy groups -OCH3 is 1. The van der Waals surface area contributed by atoms with E-state index in [0.29, 0.717) is 16.9 Å². The van der Waals surface area contributed by atoms with Gasteiger partial charge in [-0.3, -0.25) is 9.59 Å². The van der Waals surface area contributed by atoms with Crippen LogP contribution in [-0.2, 0) is 14.3 Å². The molecule has 0 aliphatic heterocycles. The Balaban J connectivity index is 2.05. The molecular weight excluding hydrogens is 339 g/mol. The molecule has 0 saturated carbocycles. The van der Waals surface area contributed by atoms with E-state index in [4.69, 9.17) is 0 Å². The number of rotatable bonds is 5. The summed E-state index contributed by atoms with van der Waals surface area (Å²) >= 11 is 0. The average Bonchev–Trinajstić information content (AvgIpc) is 2.63. The summed E-state index contributed by atoms with van der Waals surface area (Å²) in [6.45, 7) is 2.95. The lowest BCUT2D eigenvalue weighted by Gasteiger charge is -2.22. The minimum absolute atomic E-state index is 0.346. The van der Waals surface area contributed by atoms with E-state index in [1.165, 1.54) is 69.5 Å². The summed E-state index contributed by atoms with van der Waals surface area (Å²) in [5.74, 6) is -1.96. The molecule has 7 heteroatoms. The van der Waals surface area contributed by atoms with Gasteiger partial charge in [-0.05, 0) is 62.4 Å². The van der Waals surface area contributed by atoms with Crippen molar-refractivity contribution in [3.63, 3.8) is 0 Å². The number of ether oxygens (including phenoxy) is 1. The molecule has 2 amide bonds. The molecule has 0 radical (unpaired) electrons. The molecule has 0 unspecified atom stereocenters. The van der Waals surface area contributed by atoms with Gasteiger partial charge in [-0.15, -0.1) is 0 Å². The maximum Gasteiger partial charge on any atom is 0.337 e. The highest BCUT2D eigenvalue weighted by atomic mass is 19.1. The second kappa shape index (κ2) is 7.77. The molecule has 2 N–H and O–H groups in total. The van der Waals surface area contributed by atoms with Crippen LogP contribution in [0.1, 0.15) is 24.2 Å². The first-order chi connectivity index (χ1) is 12.2. The van der Waals surface area contributed by atoms with E-state index >= 15 is 0 Å². The molecule has 0 aromatic heterocycles. The minimum Gasteiger partial charge on any atom is -0.465 e. The molecule has 136 valence electrons. The predicted octanol–water partition coefficient (Wildman–Crippen LogP) is 3.22. The third-order valence-electron chi connectivity index (χ3n) is 3.80. The van der Waals surface area contributed by atoms with E-state index in [0.717, 1.165) is 0 Å². The normalized spacial score (nSPS) is 10.8. The first-order valence-electron chi connectivity index (χ1n) is 7.81. The fraction of sp³-hybridized carbons (Fsp3) is 0.211. The van der Waals surface area contributed by atoms with Crippen LogP contribution in [0.4, 0.5) is 15.8 Å². The second-order valence-corrected chi connectivity index (χ2v) is 6.11. The number of esters is 1. The van der Waals surface area contributed by atoms with Gasteiger partial charge in [0, 0.05) is 11.4 Å². The number of hydrogen-bond acceptors (Lipinski definition) is 4. The van der Waals surface area contributed by atoms with Gasteiger partial charge in [0.25, 0.3) is 0 Å². The van der Waals surface area contributed by atoms with Crippen LogP contribution in [-0.4, -0.2) is 24.9 Å². The van der Waals surface area contributed by atoms with Crippen LogP contribution >= 0.6 is 0 Å². The summed E-state index contributed by atoms with van der Waals surface area (Å²) in [5, 5.41) is 5.21. The van der Waals surface area contributed by atoms with E-state index in [9.17, 15) is 18.8 Å². The Bertz CT molecular complexity index is 814. The third-order valence-corrected chi connectivity index (χ3v) is 3.80. The number of nitrogens with one attached hydrogen (secondary N) is 2. The number of benzene rings is 2. The van der Waals surface area contributed by atoms with Crippen molar-refractivity contribution < 1.29 is 23.5 Å². The van der Waals surface area contributed by atoms with Gasteiger partial charge in [0.1, 0.15) is 11.2 Å². The Hall–Kier alpha value is -3.22. The quantitative estimate of drug-likeness (QED) is 0.635. The molecular formula is C19H19FN2O4. The molecule has 26 heavy (non-hydrogen) atoms. The fourth-order valence-electron chi connectivity index (χ4n) is 2.02. The summed E-state index contributed by atoms with van der Waals surface area (Å²) in [5.41, 5.74) is -0.209. The van der Waals surface area contributed by atoms with Crippen LogP contribution in [0.25, 0.3) is 0 Å². The number of amides is 2. The van der Waals surface area contributed by atoms with Crippen molar-refractivity contribution in [3.05, 3.63) is 59.9 Å². The predicted molar refractivity (Wildman–Crippen MR) is 95.2 cm³/mol. The van der Waals surface area contributed by atoms with Crippen molar-refractivity contribution in [1.82, 2.24) is 0 Å². The molecule has 0 fully saturated rings. The fourth-order valence-corrected chi connectivity index (χ4v) is 2.02. The third kappa shape index (κ3) is 4.44. The average molecular weight is 358 g/mol. The SMILES string of the molecule is COC(=O)c1ccc(NC(=O)C(C)(C)C(=O)Nc2ccc(F)cc2)cc1. The monoisotopic (exact) mass is 358 g/mol. The van der Waals surface area contributed by atoms with Crippen molar-refractivity contribution in [2.24, 2.45) is 5.41 Å². The Labute approximate surface area is 150 Å². The van der Waals surface area contributed by atoms with Crippen molar-refractivity contribution in [2.45, 2.75) is 13.8 Å². The van der Waals surface area contributed by atoms with E-state index < -0.39 is 29.0 Å². The summed E-state index contributed by atoms with van der Waals surface area (Å²) in [6.07, 6.45) is 0. The summed E-state index contributed by atoms with van der Waals surface area (Å²) in [4.78, 5) is 36.3. The first kappa shape index (κ1) is 19.1. The van der Waals surface area contributed by atoms with E-state index in [2.05, 4.69) is 15.4 Å². The Morgan fingerprint density at radius 3 is 1.69 bits per heavy atom. The smallest absolute Gasteiger partial charge is 0.337 e. The van der Waals surface area contributed by atoms with Crippen LogP contribution < -0.4 is 10.6 Å². The Kier molecular flexibility index (Phi) is 5.71. The van der Waals surface area contributed by atoms with Gasteiger partial charge in [-0.1, -0.05) is 0 Å². The maximum atomic E-state index is 12.9. The number of carbonyl (C=O) groups excluding carboxylic acids is 3. The van der Waals surface area contributed by atoms with Crippen LogP contribution in [0.2, 0.25) is 0 Å². The maximum absolute atomic E-state index is 12.9. The van der Waals surface area contributed by atoms with Gasteiger partial charge < -0.3 is 15.4 Å². The molecule has 0 spiro atoms. The van der Waals surface area contributed by atoms with Gasteiger partial charge >= 0.3 is 5.97 Å². The number of halogens is 1. The lowest BCUT2D eigenvalue weighted by Crippen LogP contribution is -2.41. The molecule has 0 heterocycles. The lowest BCUT2D eigenvalue weighted by atomic mass is 9.90. The molecule has 0 bridgehead atoms. The highest BCUT2D eigenvalue weighted by Crippen LogP contribution is 2.22. The first-order valence-corrected chi connectivity index (χ1v) is 7.81. The number of hydrogen-bond donors (Lipinski definition) is 2. The largest absolute Gasteiger partial charge is 0.465 e. The summed E-state index contributed by atoms with van der Waals surface area (Å²) in [7, 11) is 1.28. The van der Waals surface area contributed by atoms with Crippen molar-refractivity contribution in [3.8, 4) is 0 Å². The summed E-state index contributed by atoms with van der Waals surface area (Å²) in [6, 6.07) is 11.3. The van der Waals surface area contributed by atoms with Gasteiger partial charge in [0.15, 0.2) is 0 Å². The number of anilines is 2. The van der Waals surface area contributed by atoms with Crippen LogP contribution in [0.5, 0.6) is 0 Å². The number of carbonyl (C=O) groups is 3. The molecule has 0 atom stereocenters.